The number of halogens is 4. The molecule has 2 heterocycles. The van der Waals surface area contributed by atoms with Gasteiger partial charge in [0, 0.05) is 0 Å². The molecular weight excluding hydrogens is 684 g/mol. The van der Waals surface area contributed by atoms with Crippen LogP contribution in [0.5, 0.6) is 0 Å². The molecule has 228 valence electrons. The molecule has 3 atom stereocenters. The van der Waals surface area contributed by atoms with Crippen molar-refractivity contribution >= 4 is 15.7 Å². The average Bonchev–Trinajstić information content (AvgIpc) is 2.94. The first-order chi connectivity index (χ1) is 19.9. The van der Waals surface area contributed by atoms with Crippen LogP contribution in [0.25, 0.3) is 0 Å². The van der Waals surface area contributed by atoms with Gasteiger partial charge in [-0.2, -0.15) is 0 Å². The van der Waals surface area contributed by atoms with E-state index < -0.39 is 59.9 Å². The molecule has 3 N–H and O–H groups in total. The number of alkyl halides is 5. The van der Waals surface area contributed by atoms with Crippen LogP contribution in [0.4, 0.5) is 18.9 Å². The molecule has 0 bridgehead atoms. The third kappa shape index (κ3) is 7.63. The van der Waals surface area contributed by atoms with Crippen molar-refractivity contribution in [2.75, 3.05) is 9.65 Å². The van der Waals surface area contributed by atoms with Crippen LogP contribution in [0.2, 0.25) is 0 Å². The second-order valence-electron chi connectivity index (χ2n) is 10.2. The summed E-state index contributed by atoms with van der Waals surface area (Å²) < 4.78 is 72.6. The van der Waals surface area contributed by atoms with Gasteiger partial charge < -0.3 is 0 Å². The van der Waals surface area contributed by atoms with Gasteiger partial charge in [0.15, 0.2) is 0 Å². The van der Waals surface area contributed by atoms with Crippen molar-refractivity contribution in [3.63, 3.8) is 0 Å². The minimum absolute atomic E-state index is 0.0850. The number of aryl methyl sites for hydroxylation is 1. The van der Waals surface area contributed by atoms with Gasteiger partial charge in [0.05, 0.1) is 0 Å². The molecule has 0 radical (unpaired) electrons. The van der Waals surface area contributed by atoms with Gasteiger partial charge in [-0.3, -0.25) is 0 Å². The van der Waals surface area contributed by atoms with Crippen molar-refractivity contribution in [2.24, 2.45) is 0 Å². The monoisotopic (exact) mass is 717 g/mol. The van der Waals surface area contributed by atoms with E-state index in [-0.39, 0.29) is 21.8 Å². The Hall–Kier alpha value is -2.68. The molecule has 2 aromatic carbocycles. The number of aromatic nitrogens is 1. The molecule has 4 rings (SSSR count). The van der Waals surface area contributed by atoms with E-state index >= 15 is 0 Å². The van der Waals surface area contributed by atoms with Gasteiger partial charge in [-0.15, -0.1) is 0 Å². The van der Waals surface area contributed by atoms with E-state index in [0.717, 1.165) is 24.5 Å². The zero-order valence-electron chi connectivity index (χ0n) is 23.1. The van der Waals surface area contributed by atoms with E-state index in [1.54, 1.807) is 18.2 Å². The Bertz CT molecular complexity index is 1500. The Morgan fingerprint density at radius 2 is 1.86 bits per heavy atom. The zero-order chi connectivity index (χ0) is 30.5. The van der Waals surface area contributed by atoms with Crippen molar-refractivity contribution in [2.45, 2.75) is 66.0 Å². The summed E-state index contributed by atoms with van der Waals surface area (Å²) in [7, 11) is -4.28. The normalized spacial score (nSPS) is 20.5. The van der Waals surface area contributed by atoms with Gasteiger partial charge >= 0.3 is 255 Å². The Kier molecular flexibility index (Phi) is 10.2. The Morgan fingerprint density at radius 3 is 2.45 bits per heavy atom. The molecule has 7 nitrogen and oxygen atoms in total. The summed E-state index contributed by atoms with van der Waals surface area (Å²) >= 11 is -0.662. The molecule has 0 saturated carbocycles. The number of hydrogen-bond donors (Lipinski definition) is 3. The van der Waals surface area contributed by atoms with E-state index in [1.165, 1.54) is 6.07 Å². The maximum absolute atomic E-state index is 12.9. The summed E-state index contributed by atoms with van der Waals surface area (Å²) in [4.78, 5) is 5.48. The summed E-state index contributed by atoms with van der Waals surface area (Å²) in [5, 5.41) is 22.0. The first-order valence-corrected chi connectivity index (χ1v) is 18.2. The standard InChI is InChI=1S/C30H33F3IN2O5S/c1-3-15-29(16-14-20-8-5-4-6-9-20)18-24(37)26(28(38)41-29)27(34-2)21-10-7-11-23(17-21)36-42(39,40)25-13-12-22(19-35-25)30(31,32)33/h4-13,17,19,27-28,36-38H,3,14-16,18H2,1-2H3/q-1/t27-,28?,29-/m1/s1. The molecule has 1 aliphatic heterocycles. The first kappa shape index (κ1) is 32.2. The fourth-order valence-corrected chi connectivity index (χ4v) is 8.58. The molecule has 0 fully saturated rings. The van der Waals surface area contributed by atoms with Crippen LogP contribution >= 0.6 is 0 Å². The predicted octanol–water partition coefficient (Wildman–Crippen LogP) is 3.38. The zero-order valence-corrected chi connectivity index (χ0v) is 26.1. The van der Waals surface area contributed by atoms with E-state index in [1.807, 2.05) is 42.2 Å². The topological polar surface area (TPSA) is 109 Å². The number of benzene rings is 2. The SMILES string of the molecule is CCC[C@@]1(CCc2ccccc2)CC(O)=C([C@H]([I-]C)c2cccc(NS(=O)(=O)c3ccc(C(F)(F)F)cn3)c2)C(O)O1. The predicted molar refractivity (Wildman–Crippen MR) is 149 cm³/mol. The second kappa shape index (κ2) is 13.3. The Labute approximate surface area is 254 Å². The maximum atomic E-state index is 12.9. The molecule has 0 aliphatic carbocycles. The number of sulfonamides is 1. The van der Waals surface area contributed by atoms with Crippen LogP contribution in [-0.4, -0.2) is 40.4 Å². The van der Waals surface area contributed by atoms with Gasteiger partial charge in [0.2, 0.25) is 0 Å². The Balaban J connectivity index is 1.56. The van der Waals surface area contributed by atoms with E-state index in [4.69, 9.17) is 4.74 Å². The van der Waals surface area contributed by atoms with Crippen molar-refractivity contribution in [3.05, 3.63) is 101 Å². The summed E-state index contributed by atoms with van der Waals surface area (Å²) in [6.07, 6.45) is -2.41. The van der Waals surface area contributed by atoms with Gasteiger partial charge in [0.1, 0.15) is 0 Å². The number of nitrogens with one attached hydrogen (secondary N) is 1. The molecule has 3 aromatic rings. The third-order valence-electron chi connectivity index (χ3n) is 7.13. The fourth-order valence-electron chi connectivity index (χ4n) is 5.15. The first-order valence-electron chi connectivity index (χ1n) is 13.3. The van der Waals surface area contributed by atoms with Crippen LogP contribution in [0.1, 0.15) is 53.2 Å². The molecule has 42 heavy (non-hydrogen) atoms. The van der Waals surface area contributed by atoms with Gasteiger partial charge in [-0.05, 0) is 0 Å². The number of aliphatic hydroxyl groups is 2. The van der Waals surface area contributed by atoms with Crippen LogP contribution in [0.3, 0.4) is 0 Å². The van der Waals surface area contributed by atoms with Gasteiger partial charge in [0.25, 0.3) is 0 Å². The third-order valence-corrected chi connectivity index (χ3v) is 11.1. The van der Waals surface area contributed by atoms with Gasteiger partial charge in [-0.1, -0.05) is 0 Å². The van der Waals surface area contributed by atoms with Crippen LogP contribution < -0.4 is 25.9 Å². The van der Waals surface area contributed by atoms with Crippen LogP contribution in [0, 0.1) is 0 Å². The van der Waals surface area contributed by atoms with E-state index in [9.17, 15) is 31.8 Å². The van der Waals surface area contributed by atoms with E-state index in [0.29, 0.717) is 36.2 Å². The molecular formula is C30H33F3IN2O5S-. The number of hydrogen-bond acceptors (Lipinski definition) is 6. The fraction of sp³-hybridized carbons (Fsp3) is 0.367. The quantitative estimate of drug-likeness (QED) is 0.208. The molecule has 0 amide bonds. The van der Waals surface area contributed by atoms with Crippen molar-refractivity contribution in [3.8, 4) is 0 Å². The molecule has 1 unspecified atom stereocenters. The summed E-state index contributed by atoms with van der Waals surface area (Å²) in [5.74, 6) is 0.0850. The second-order valence-corrected chi connectivity index (χ2v) is 14.3. The molecule has 12 heteroatoms. The number of pyridine rings is 1. The number of ether oxygens (including phenoxy) is 1. The molecule has 0 saturated heterocycles. The number of anilines is 1. The van der Waals surface area contributed by atoms with Crippen LogP contribution in [-0.2, 0) is 27.4 Å². The number of aliphatic hydroxyl groups excluding tert-OH is 2. The minimum atomic E-state index is -4.64. The van der Waals surface area contributed by atoms with Crippen molar-refractivity contribution < 1.29 is 57.7 Å². The number of nitrogens with zero attached hydrogens (tertiary/aromatic N) is 1. The Morgan fingerprint density at radius 1 is 1.12 bits per heavy atom. The van der Waals surface area contributed by atoms with Gasteiger partial charge in [-0.25, -0.2) is 0 Å². The number of rotatable bonds is 11. The average molecular weight is 718 g/mol. The summed E-state index contributed by atoms with van der Waals surface area (Å²) in [5.41, 5.74) is 0.584. The summed E-state index contributed by atoms with van der Waals surface area (Å²) in [6.45, 7) is 2.03. The molecule has 0 spiro atoms. The summed E-state index contributed by atoms with van der Waals surface area (Å²) in [6, 6.07) is 17.9. The molecule has 1 aliphatic rings. The molecule has 1 aromatic heterocycles. The van der Waals surface area contributed by atoms with Crippen LogP contribution in [0.15, 0.2) is 89.3 Å². The van der Waals surface area contributed by atoms with E-state index in [2.05, 4.69) is 9.71 Å². The van der Waals surface area contributed by atoms with Crippen molar-refractivity contribution in [1.29, 1.82) is 0 Å². The van der Waals surface area contributed by atoms with Crippen molar-refractivity contribution in [1.82, 2.24) is 4.98 Å².